The summed E-state index contributed by atoms with van der Waals surface area (Å²) in [4.78, 5) is 0. The fourth-order valence-corrected chi connectivity index (χ4v) is 2.15. The second-order valence-corrected chi connectivity index (χ2v) is 4.55. The minimum atomic E-state index is -0.206. The summed E-state index contributed by atoms with van der Waals surface area (Å²) < 4.78 is 19.3. The first kappa shape index (κ1) is 11.1. The highest BCUT2D eigenvalue weighted by atomic mass is 19.1. The molecule has 1 aliphatic heterocycles. The Labute approximate surface area is 105 Å². The van der Waals surface area contributed by atoms with Gasteiger partial charge in [0.15, 0.2) is 0 Å². The Morgan fingerprint density at radius 1 is 1.22 bits per heavy atom. The zero-order chi connectivity index (χ0) is 12.5. The van der Waals surface area contributed by atoms with E-state index in [9.17, 15) is 4.39 Å². The lowest BCUT2D eigenvalue weighted by molar-refractivity contribution is 0.292. The van der Waals surface area contributed by atoms with E-state index in [2.05, 4.69) is 12.2 Å². The Hall–Kier alpha value is -2.03. The van der Waals surface area contributed by atoms with Gasteiger partial charge in [-0.25, -0.2) is 4.39 Å². The third-order valence-corrected chi connectivity index (χ3v) is 3.06. The van der Waals surface area contributed by atoms with Gasteiger partial charge in [0, 0.05) is 5.56 Å². The summed E-state index contributed by atoms with van der Waals surface area (Å²) in [5.74, 6) is 0.621. The van der Waals surface area contributed by atoms with Crippen LogP contribution < -0.4 is 10.1 Å². The molecule has 1 aliphatic rings. The molecular formula is C15H14FNO. The maximum Gasteiger partial charge on any atom is 0.142 e. The van der Waals surface area contributed by atoms with Crippen molar-refractivity contribution in [3.63, 3.8) is 0 Å². The molecule has 2 aromatic rings. The van der Waals surface area contributed by atoms with Crippen LogP contribution >= 0.6 is 0 Å². The highest BCUT2D eigenvalue weighted by Gasteiger charge is 2.16. The molecule has 2 nitrogen and oxygen atoms in total. The molecule has 0 aromatic heterocycles. The molecule has 0 radical (unpaired) electrons. The van der Waals surface area contributed by atoms with E-state index in [-0.39, 0.29) is 11.9 Å². The normalized spacial score (nSPS) is 17.6. The van der Waals surface area contributed by atoms with Crippen molar-refractivity contribution in [2.45, 2.75) is 13.0 Å². The van der Waals surface area contributed by atoms with E-state index < -0.39 is 0 Å². The van der Waals surface area contributed by atoms with Gasteiger partial charge in [-0.05, 0) is 30.7 Å². The Kier molecular flexibility index (Phi) is 2.67. The molecule has 0 spiro atoms. The van der Waals surface area contributed by atoms with Gasteiger partial charge in [0.05, 0.1) is 11.7 Å². The predicted molar refractivity (Wildman–Crippen MR) is 70.4 cm³/mol. The van der Waals surface area contributed by atoms with Crippen LogP contribution in [0.2, 0.25) is 0 Å². The maximum absolute atomic E-state index is 13.7. The summed E-state index contributed by atoms with van der Waals surface area (Å²) >= 11 is 0. The SMILES string of the molecule is CC1COc2ccc(-c3ccccc3F)cc2N1. The average molecular weight is 243 g/mol. The molecule has 0 fully saturated rings. The zero-order valence-electron chi connectivity index (χ0n) is 10.1. The molecule has 1 atom stereocenters. The van der Waals surface area contributed by atoms with Gasteiger partial charge in [0.1, 0.15) is 18.2 Å². The standard InChI is InChI=1S/C15H14FNO/c1-10-9-18-15-7-6-11(8-14(15)17-10)12-4-2-3-5-13(12)16/h2-8,10,17H,9H2,1H3. The number of halogens is 1. The Bertz CT molecular complexity index is 582. The van der Waals surface area contributed by atoms with E-state index in [1.807, 2.05) is 24.3 Å². The summed E-state index contributed by atoms with van der Waals surface area (Å²) in [6.07, 6.45) is 0. The van der Waals surface area contributed by atoms with Crippen LogP contribution in [0.1, 0.15) is 6.92 Å². The summed E-state index contributed by atoms with van der Waals surface area (Å²) in [7, 11) is 0. The number of fused-ring (bicyclic) bond motifs is 1. The largest absolute Gasteiger partial charge is 0.489 e. The summed E-state index contributed by atoms with van der Waals surface area (Å²) in [5, 5.41) is 3.34. The van der Waals surface area contributed by atoms with Gasteiger partial charge in [-0.3, -0.25) is 0 Å². The first-order valence-electron chi connectivity index (χ1n) is 6.02. The summed E-state index contributed by atoms with van der Waals surface area (Å²) in [6.45, 7) is 2.71. The molecular weight excluding hydrogens is 229 g/mol. The highest BCUT2D eigenvalue weighted by Crippen LogP contribution is 2.34. The van der Waals surface area contributed by atoms with E-state index in [0.717, 1.165) is 17.0 Å². The number of rotatable bonds is 1. The lowest BCUT2D eigenvalue weighted by Crippen LogP contribution is -2.28. The van der Waals surface area contributed by atoms with Crippen LogP contribution in [0.15, 0.2) is 42.5 Å². The molecule has 1 heterocycles. The Balaban J connectivity index is 2.05. The van der Waals surface area contributed by atoms with Crippen molar-refractivity contribution < 1.29 is 9.13 Å². The molecule has 0 amide bonds. The third-order valence-electron chi connectivity index (χ3n) is 3.06. The minimum Gasteiger partial charge on any atom is -0.489 e. The molecule has 0 aliphatic carbocycles. The lowest BCUT2D eigenvalue weighted by Gasteiger charge is -2.25. The van der Waals surface area contributed by atoms with E-state index >= 15 is 0 Å². The molecule has 1 N–H and O–H groups in total. The predicted octanol–water partition coefficient (Wildman–Crippen LogP) is 3.69. The highest BCUT2D eigenvalue weighted by molar-refractivity contribution is 5.73. The molecule has 18 heavy (non-hydrogen) atoms. The maximum atomic E-state index is 13.7. The number of nitrogens with one attached hydrogen (secondary N) is 1. The first-order valence-corrected chi connectivity index (χ1v) is 6.02. The fourth-order valence-electron chi connectivity index (χ4n) is 2.15. The quantitative estimate of drug-likeness (QED) is 0.824. The molecule has 0 saturated heterocycles. The first-order chi connectivity index (χ1) is 8.74. The van der Waals surface area contributed by atoms with Gasteiger partial charge in [0.25, 0.3) is 0 Å². The van der Waals surface area contributed by atoms with E-state index in [4.69, 9.17) is 4.74 Å². The van der Waals surface area contributed by atoms with Crippen LogP contribution in [0.25, 0.3) is 11.1 Å². The minimum absolute atomic E-state index is 0.206. The average Bonchev–Trinajstić information content (AvgIpc) is 2.38. The van der Waals surface area contributed by atoms with Crippen molar-refractivity contribution in [2.75, 3.05) is 11.9 Å². The van der Waals surface area contributed by atoms with Crippen molar-refractivity contribution >= 4 is 5.69 Å². The van der Waals surface area contributed by atoms with Crippen molar-refractivity contribution in [3.05, 3.63) is 48.3 Å². The second-order valence-electron chi connectivity index (χ2n) is 4.55. The van der Waals surface area contributed by atoms with Crippen molar-refractivity contribution in [1.82, 2.24) is 0 Å². The zero-order valence-corrected chi connectivity index (χ0v) is 10.1. The van der Waals surface area contributed by atoms with Crippen molar-refractivity contribution in [2.24, 2.45) is 0 Å². The van der Waals surface area contributed by atoms with Crippen LogP contribution in [0.3, 0.4) is 0 Å². The van der Waals surface area contributed by atoms with Gasteiger partial charge in [-0.15, -0.1) is 0 Å². The number of hydrogen-bond donors (Lipinski definition) is 1. The van der Waals surface area contributed by atoms with Gasteiger partial charge in [-0.1, -0.05) is 24.3 Å². The molecule has 2 aromatic carbocycles. The molecule has 92 valence electrons. The van der Waals surface area contributed by atoms with Gasteiger partial charge in [-0.2, -0.15) is 0 Å². The van der Waals surface area contributed by atoms with E-state index in [1.54, 1.807) is 12.1 Å². The van der Waals surface area contributed by atoms with Crippen LogP contribution in [-0.2, 0) is 0 Å². The topological polar surface area (TPSA) is 21.3 Å². The number of ether oxygens (including phenoxy) is 1. The monoisotopic (exact) mass is 243 g/mol. The third kappa shape index (κ3) is 1.92. The number of anilines is 1. The molecule has 0 bridgehead atoms. The number of hydrogen-bond acceptors (Lipinski definition) is 2. The molecule has 1 unspecified atom stereocenters. The van der Waals surface area contributed by atoms with E-state index in [0.29, 0.717) is 12.2 Å². The van der Waals surface area contributed by atoms with Crippen LogP contribution in [0.4, 0.5) is 10.1 Å². The van der Waals surface area contributed by atoms with E-state index in [1.165, 1.54) is 6.07 Å². The number of benzene rings is 2. The molecule has 0 saturated carbocycles. The van der Waals surface area contributed by atoms with Gasteiger partial charge in [0.2, 0.25) is 0 Å². The van der Waals surface area contributed by atoms with Crippen LogP contribution in [0.5, 0.6) is 5.75 Å². The van der Waals surface area contributed by atoms with Crippen LogP contribution in [-0.4, -0.2) is 12.6 Å². The van der Waals surface area contributed by atoms with Gasteiger partial charge >= 0.3 is 0 Å². The Morgan fingerprint density at radius 2 is 2.06 bits per heavy atom. The van der Waals surface area contributed by atoms with Gasteiger partial charge < -0.3 is 10.1 Å². The van der Waals surface area contributed by atoms with Crippen LogP contribution in [0, 0.1) is 5.82 Å². The lowest BCUT2D eigenvalue weighted by atomic mass is 10.0. The molecule has 3 heteroatoms. The van der Waals surface area contributed by atoms with Crippen molar-refractivity contribution in [3.8, 4) is 16.9 Å². The Morgan fingerprint density at radius 3 is 2.89 bits per heavy atom. The smallest absolute Gasteiger partial charge is 0.142 e. The second kappa shape index (κ2) is 4.33. The fraction of sp³-hybridized carbons (Fsp3) is 0.200. The summed E-state index contributed by atoms with van der Waals surface area (Å²) in [5.41, 5.74) is 2.40. The van der Waals surface area contributed by atoms with Crippen molar-refractivity contribution in [1.29, 1.82) is 0 Å². The molecule has 3 rings (SSSR count). The summed E-state index contributed by atoms with van der Waals surface area (Å²) in [6, 6.07) is 12.8.